The van der Waals surface area contributed by atoms with Crippen molar-refractivity contribution in [3.63, 3.8) is 0 Å². The molecule has 0 heterocycles. The van der Waals surface area contributed by atoms with Crippen LogP contribution in [0.3, 0.4) is 0 Å². The highest BCUT2D eigenvalue weighted by molar-refractivity contribution is 6.52. The minimum Gasteiger partial charge on any atom is -0.0622 e. The van der Waals surface area contributed by atoms with Gasteiger partial charge in [-0.3, -0.25) is 0 Å². The summed E-state index contributed by atoms with van der Waals surface area (Å²) in [4.78, 5) is 0. The number of rotatable bonds is 4. The number of hydrogen-bond acceptors (Lipinski definition) is 0. The van der Waals surface area contributed by atoms with Crippen LogP contribution in [0.5, 0.6) is 0 Å². The third-order valence-electron chi connectivity index (χ3n) is 7.90. The molecular formula is C38H28Si+. The summed E-state index contributed by atoms with van der Waals surface area (Å²) in [6.07, 6.45) is 0. The molecule has 0 aliphatic heterocycles. The van der Waals surface area contributed by atoms with E-state index in [9.17, 15) is 0 Å². The molecule has 39 heavy (non-hydrogen) atoms. The first-order valence-electron chi connectivity index (χ1n) is 13.5. The van der Waals surface area contributed by atoms with Crippen LogP contribution >= 0.6 is 0 Å². The maximum atomic E-state index is 2.43. The summed E-state index contributed by atoms with van der Waals surface area (Å²) >= 11 is 0. The van der Waals surface area contributed by atoms with E-state index in [1.54, 1.807) is 0 Å². The summed E-state index contributed by atoms with van der Waals surface area (Å²) in [6.45, 7) is 4.47. The topological polar surface area (TPSA) is 0 Å². The molecule has 0 atom stereocenters. The molecule has 183 valence electrons. The lowest BCUT2D eigenvalue weighted by molar-refractivity contribution is 1.51. The smallest absolute Gasteiger partial charge is 0.0622 e. The van der Waals surface area contributed by atoms with Gasteiger partial charge in [0.25, 0.3) is 0 Å². The van der Waals surface area contributed by atoms with Crippen LogP contribution in [0.25, 0.3) is 65.7 Å². The minimum atomic E-state index is 0.749. The first-order valence-corrected chi connectivity index (χ1v) is 15.0. The van der Waals surface area contributed by atoms with Gasteiger partial charge in [0.05, 0.1) is 6.55 Å². The number of benzene rings is 7. The Morgan fingerprint density at radius 1 is 0.436 bits per heavy atom. The van der Waals surface area contributed by atoms with Crippen molar-refractivity contribution in [1.29, 1.82) is 0 Å². The van der Waals surface area contributed by atoms with E-state index in [0.717, 1.165) is 9.52 Å². The molecule has 0 bridgehead atoms. The number of hydrogen-bond donors (Lipinski definition) is 0. The molecule has 0 nitrogen and oxygen atoms in total. The highest BCUT2D eigenvalue weighted by atomic mass is 28.2. The van der Waals surface area contributed by atoms with Gasteiger partial charge < -0.3 is 0 Å². The van der Waals surface area contributed by atoms with Crippen molar-refractivity contribution in [2.45, 2.75) is 13.5 Å². The van der Waals surface area contributed by atoms with Crippen LogP contribution in [0.4, 0.5) is 0 Å². The number of fused-ring (bicyclic) bond motifs is 3. The Bertz CT molecular complexity index is 1980. The SMILES string of the molecule is C[Si+]c1ccc2c(-c3cccc4ccccc34)c3cc(C)ccc3c(-c3ccc(-c4ccccc4)cc3)c2c1. The second-order valence-electron chi connectivity index (χ2n) is 10.3. The molecule has 0 fully saturated rings. The molecule has 0 aromatic heterocycles. The summed E-state index contributed by atoms with van der Waals surface area (Å²) in [5, 5.41) is 9.22. The predicted molar refractivity (Wildman–Crippen MR) is 171 cm³/mol. The summed E-state index contributed by atoms with van der Waals surface area (Å²) in [7, 11) is 0.749. The second-order valence-corrected chi connectivity index (χ2v) is 11.4. The lowest BCUT2D eigenvalue weighted by Gasteiger charge is -2.19. The van der Waals surface area contributed by atoms with Crippen LogP contribution in [0.2, 0.25) is 6.55 Å². The molecule has 0 aliphatic rings. The Balaban J connectivity index is 1.59. The van der Waals surface area contributed by atoms with Gasteiger partial charge in [0.15, 0.2) is 0 Å². The van der Waals surface area contributed by atoms with Gasteiger partial charge in [0.2, 0.25) is 0 Å². The molecule has 0 spiro atoms. The molecule has 1 radical (unpaired) electrons. The maximum absolute atomic E-state index is 2.43. The molecule has 0 aliphatic carbocycles. The van der Waals surface area contributed by atoms with Crippen molar-refractivity contribution in [2.75, 3.05) is 0 Å². The normalized spacial score (nSPS) is 11.3. The van der Waals surface area contributed by atoms with E-state index >= 15 is 0 Å². The molecule has 0 saturated carbocycles. The second kappa shape index (κ2) is 9.69. The fraction of sp³-hybridized carbons (Fsp3) is 0.0526. The van der Waals surface area contributed by atoms with Gasteiger partial charge >= 0.3 is 9.52 Å². The van der Waals surface area contributed by atoms with E-state index in [2.05, 4.69) is 147 Å². The molecule has 7 rings (SSSR count). The van der Waals surface area contributed by atoms with Gasteiger partial charge in [0.1, 0.15) is 5.19 Å². The van der Waals surface area contributed by atoms with E-state index in [0.29, 0.717) is 0 Å². The van der Waals surface area contributed by atoms with Crippen LogP contribution in [-0.4, -0.2) is 9.52 Å². The standard InChI is InChI=1S/C38H28Si/c1-25-15-21-33-35(23-25)38(32-14-8-12-28-11-6-7-13-31(28)32)34-22-20-30(39-2)24-36(34)37(33)29-18-16-27(17-19-29)26-9-4-3-5-10-26/h3-24H,1-2H3/q+1. The largest absolute Gasteiger partial charge is 0.520 e. The van der Waals surface area contributed by atoms with E-state index in [1.807, 2.05) is 0 Å². The van der Waals surface area contributed by atoms with Gasteiger partial charge in [-0.25, -0.2) is 0 Å². The summed E-state index contributed by atoms with van der Waals surface area (Å²) < 4.78 is 0. The molecule has 7 aromatic rings. The Hall–Kier alpha value is -4.46. The maximum Gasteiger partial charge on any atom is 0.520 e. The zero-order chi connectivity index (χ0) is 26.3. The Labute approximate surface area is 232 Å². The fourth-order valence-corrected chi connectivity index (χ4v) is 6.54. The molecular weight excluding hydrogens is 485 g/mol. The Kier molecular flexibility index (Phi) is 5.87. The van der Waals surface area contributed by atoms with Gasteiger partial charge in [-0.05, 0) is 84.8 Å². The monoisotopic (exact) mass is 512 g/mol. The first kappa shape index (κ1) is 23.6. The lowest BCUT2D eigenvalue weighted by Crippen LogP contribution is -2.09. The molecule has 0 unspecified atom stereocenters. The predicted octanol–water partition coefficient (Wildman–Crippen LogP) is 9.83. The number of aryl methyl sites for hydroxylation is 1. The van der Waals surface area contributed by atoms with Gasteiger partial charge in [-0.2, -0.15) is 0 Å². The van der Waals surface area contributed by atoms with Gasteiger partial charge in [0, 0.05) is 0 Å². The van der Waals surface area contributed by atoms with Crippen molar-refractivity contribution in [3.05, 3.63) is 139 Å². The van der Waals surface area contributed by atoms with Crippen molar-refractivity contribution < 1.29 is 0 Å². The Morgan fingerprint density at radius 3 is 1.90 bits per heavy atom. The molecule has 0 amide bonds. The highest BCUT2D eigenvalue weighted by Gasteiger charge is 2.20. The average Bonchev–Trinajstić information content (AvgIpc) is 3.00. The fourth-order valence-electron chi connectivity index (χ4n) is 6.00. The molecule has 0 saturated heterocycles. The van der Waals surface area contributed by atoms with Crippen LogP contribution in [0, 0.1) is 6.92 Å². The van der Waals surface area contributed by atoms with Crippen LogP contribution in [0.15, 0.2) is 133 Å². The summed E-state index contributed by atoms with van der Waals surface area (Å²) in [5.74, 6) is 0. The van der Waals surface area contributed by atoms with E-state index < -0.39 is 0 Å². The summed E-state index contributed by atoms with van der Waals surface area (Å²) in [6, 6.07) is 49.3. The van der Waals surface area contributed by atoms with E-state index in [4.69, 9.17) is 0 Å². The first-order chi connectivity index (χ1) is 19.2. The van der Waals surface area contributed by atoms with Crippen LogP contribution < -0.4 is 5.19 Å². The molecule has 1 heteroatoms. The third-order valence-corrected chi connectivity index (χ3v) is 8.79. The highest BCUT2D eigenvalue weighted by Crippen LogP contribution is 2.45. The van der Waals surface area contributed by atoms with Crippen LogP contribution in [0.1, 0.15) is 5.56 Å². The van der Waals surface area contributed by atoms with E-state index in [1.165, 1.54) is 76.4 Å². The average molecular weight is 513 g/mol. The van der Waals surface area contributed by atoms with Crippen molar-refractivity contribution in [3.8, 4) is 33.4 Å². The zero-order valence-corrected chi connectivity index (χ0v) is 23.2. The molecule has 7 aromatic carbocycles. The zero-order valence-electron chi connectivity index (χ0n) is 22.2. The van der Waals surface area contributed by atoms with Crippen molar-refractivity contribution in [2.24, 2.45) is 0 Å². The molecule has 0 N–H and O–H groups in total. The van der Waals surface area contributed by atoms with Crippen LogP contribution in [-0.2, 0) is 0 Å². The third kappa shape index (κ3) is 4.07. The van der Waals surface area contributed by atoms with E-state index in [-0.39, 0.29) is 0 Å². The minimum absolute atomic E-state index is 0.749. The Morgan fingerprint density at radius 2 is 1.08 bits per heavy atom. The van der Waals surface area contributed by atoms with Crippen molar-refractivity contribution in [1.82, 2.24) is 0 Å². The van der Waals surface area contributed by atoms with Crippen molar-refractivity contribution >= 4 is 47.0 Å². The summed E-state index contributed by atoms with van der Waals surface area (Å²) in [5.41, 5.74) is 8.98. The lowest BCUT2D eigenvalue weighted by atomic mass is 9.84. The van der Waals surface area contributed by atoms with Gasteiger partial charge in [-0.1, -0.05) is 127 Å². The van der Waals surface area contributed by atoms with Gasteiger partial charge in [-0.15, -0.1) is 0 Å². The quantitative estimate of drug-likeness (QED) is 0.163.